The molecule has 3 amide bonds. The zero-order valence-corrected chi connectivity index (χ0v) is 22.1. The van der Waals surface area contributed by atoms with Gasteiger partial charge in [0.15, 0.2) is 0 Å². The Morgan fingerprint density at radius 1 is 1.03 bits per heavy atom. The molecule has 0 aromatic heterocycles. The Labute approximate surface area is 210 Å². The lowest BCUT2D eigenvalue weighted by atomic mass is 9.87. The van der Waals surface area contributed by atoms with Gasteiger partial charge in [0, 0.05) is 25.7 Å². The van der Waals surface area contributed by atoms with Crippen LogP contribution < -0.4 is 16.0 Å². The Hall–Kier alpha value is -2.45. The highest BCUT2D eigenvalue weighted by molar-refractivity contribution is 5.93. The summed E-state index contributed by atoms with van der Waals surface area (Å²) in [5.74, 6) is -0.639. The predicted octanol–water partition coefficient (Wildman–Crippen LogP) is 1.85. The molecule has 1 aromatic rings. The monoisotopic (exact) mass is 485 g/mol. The van der Waals surface area contributed by atoms with Crippen LogP contribution in [-0.4, -0.2) is 78.4 Å². The van der Waals surface area contributed by atoms with Gasteiger partial charge in [0.2, 0.25) is 17.7 Å². The van der Waals surface area contributed by atoms with Gasteiger partial charge < -0.3 is 20.9 Å². The molecule has 0 bridgehead atoms. The molecule has 1 heterocycles. The maximum Gasteiger partial charge on any atom is 0.246 e. The van der Waals surface area contributed by atoms with Gasteiger partial charge in [0.05, 0.1) is 12.1 Å². The highest BCUT2D eigenvalue weighted by Gasteiger charge is 2.40. The molecule has 3 rings (SSSR count). The van der Waals surface area contributed by atoms with Crippen LogP contribution in [0.2, 0.25) is 0 Å². The van der Waals surface area contributed by atoms with Crippen molar-refractivity contribution in [2.24, 2.45) is 5.92 Å². The molecule has 0 spiro atoms. The number of fused-ring (bicyclic) bond motifs is 1. The number of carbonyl (C=O) groups excluding carboxylic acids is 3. The summed E-state index contributed by atoms with van der Waals surface area (Å²) >= 11 is 0. The second-order valence-corrected chi connectivity index (χ2v) is 10.5. The number of carbonyl (C=O) groups is 3. The van der Waals surface area contributed by atoms with Crippen molar-refractivity contribution in [1.29, 1.82) is 0 Å². The molecule has 1 aliphatic carbocycles. The lowest BCUT2D eigenvalue weighted by Gasteiger charge is -2.44. The lowest BCUT2D eigenvalue weighted by Crippen LogP contribution is -2.65. The first-order valence-electron chi connectivity index (χ1n) is 13.0. The van der Waals surface area contributed by atoms with E-state index in [0.29, 0.717) is 19.6 Å². The van der Waals surface area contributed by atoms with Crippen LogP contribution in [0.25, 0.3) is 0 Å². The number of nitrogens with one attached hydrogen (secondary N) is 3. The maximum atomic E-state index is 13.8. The number of likely N-dealkylation sites (N-methyl/N-ethyl adjacent to an activating group) is 1. The van der Waals surface area contributed by atoms with Crippen LogP contribution in [0.15, 0.2) is 24.3 Å². The van der Waals surface area contributed by atoms with E-state index in [9.17, 15) is 14.4 Å². The van der Waals surface area contributed by atoms with Crippen molar-refractivity contribution in [2.45, 2.75) is 84.1 Å². The minimum atomic E-state index is -0.686. The first-order valence-corrected chi connectivity index (χ1v) is 13.0. The number of hydrogen-bond acceptors (Lipinski definition) is 5. The third kappa shape index (κ3) is 6.41. The number of benzene rings is 1. The molecule has 8 nitrogen and oxygen atoms in total. The molecule has 0 saturated carbocycles. The Kier molecular flexibility index (Phi) is 9.30. The van der Waals surface area contributed by atoms with Crippen molar-refractivity contribution < 1.29 is 14.4 Å². The van der Waals surface area contributed by atoms with Crippen LogP contribution in [0.4, 0.5) is 0 Å². The molecule has 8 heteroatoms. The van der Waals surface area contributed by atoms with Gasteiger partial charge in [-0.3, -0.25) is 19.3 Å². The van der Waals surface area contributed by atoms with Gasteiger partial charge in [-0.15, -0.1) is 0 Å². The summed E-state index contributed by atoms with van der Waals surface area (Å²) in [7, 11) is 1.71. The second-order valence-electron chi connectivity index (χ2n) is 10.5. The first-order chi connectivity index (χ1) is 16.6. The first kappa shape index (κ1) is 27.1. The van der Waals surface area contributed by atoms with Gasteiger partial charge in [-0.1, -0.05) is 38.1 Å². The fourth-order valence-corrected chi connectivity index (χ4v) is 5.03. The van der Waals surface area contributed by atoms with E-state index < -0.39 is 18.1 Å². The van der Waals surface area contributed by atoms with E-state index in [2.05, 4.69) is 46.8 Å². The lowest BCUT2D eigenvalue weighted by molar-refractivity contribution is -0.148. The Morgan fingerprint density at radius 2 is 1.74 bits per heavy atom. The summed E-state index contributed by atoms with van der Waals surface area (Å²) in [4.78, 5) is 44.0. The van der Waals surface area contributed by atoms with Crippen LogP contribution in [0, 0.1) is 5.92 Å². The van der Waals surface area contributed by atoms with Crippen molar-refractivity contribution >= 4 is 17.7 Å². The summed E-state index contributed by atoms with van der Waals surface area (Å²) in [5, 5.41) is 9.10. The third-order valence-electron chi connectivity index (χ3n) is 7.47. The molecule has 2 aliphatic rings. The van der Waals surface area contributed by atoms with Crippen molar-refractivity contribution in [3.8, 4) is 0 Å². The molecule has 4 unspecified atom stereocenters. The maximum absolute atomic E-state index is 13.8. The van der Waals surface area contributed by atoms with E-state index in [-0.39, 0.29) is 35.7 Å². The van der Waals surface area contributed by atoms with Crippen LogP contribution in [0.1, 0.15) is 64.6 Å². The van der Waals surface area contributed by atoms with Gasteiger partial charge in [-0.2, -0.15) is 0 Å². The topological polar surface area (TPSA) is 93.8 Å². The fraction of sp³-hybridized carbons (Fsp3) is 0.667. The van der Waals surface area contributed by atoms with Gasteiger partial charge in [-0.05, 0) is 64.1 Å². The van der Waals surface area contributed by atoms with E-state index in [4.69, 9.17) is 0 Å². The zero-order chi connectivity index (χ0) is 25.7. The average Bonchev–Trinajstić information content (AvgIpc) is 2.85. The van der Waals surface area contributed by atoms with Crippen molar-refractivity contribution in [3.63, 3.8) is 0 Å². The number of rotatable bonds is 8. The largest absolute Gasteiger partial charge is 0.347 e. The minimum Gasteiger partial charge on any atom is -0.347 e. The molecular weight excluding hydrogens is 442 g/mol. The van der Waals surface area contributed by atoms with Gasteiger partial charge >= 0.3 is 0 Å². The van der Waals surface area contributed by atoms with E-state index in [0.717, 1.165) is 19.3 Å². The quantitative estimate of drug-likeness (QED) is 0.523. The van der Waals surface area contributed by atoms with Gasteiger partial charge in [0.25, 0.3) is 0 Å². The molecule has 3 N–H and O–H groups in total. The van der Waals surface area contributed by atoms with E-state index in [1.807, 2.05) is 26.0 Å². The van der Waals surface area contributed by atoms with Crippen molar-refractivity contribution in [1.82, 2.24) is 25.8 Å². The van der Waals surface area contributed by atoms with Gasteiger partial charge in [-0.25, -0.2) is 0 Å². The molecule has 1 saturated heterocycles. The Morgan fingerprint density at radius 3 is 2.40 bits per heavy atom. The molecule has 1 aromatic carbocycles. The van der Waals surface area contributed by atoms with E-state index in [1.54, 1.807) is 18.9 Å². The van der Waals surface area contributed by atoms with Crippen LogP contribution in [0.3, 0.4) is 0 Å². The second kappa shape index (κ2) is 12.0. The van der Waals surface area contributed by atoms with E-state index >= 15 is 0 Å². The molecule has 194 valence electrons. The molecular formula is C27H43N5O3. The molecule has 1 aliphatic heterocycles. The summed E-state index contributed by atoms with van der Waals surface area (Å²) in [6.45, 7) is 11.5. The average molecular weight is 486 g/mol. The Bertz CT molecular complexity index is 903. The zero-order valence-electron chi connectivity index (χ0n) is 22.1. The smallest absolute Gasteiger partial charge is 0.246 e. The SMILES string of the molecule is CNC(C)C(=O)NC(C(=O)N1CCN(C(C)C)CC1C(=O)NC1CCCc2ccccc21)C(C)C. The number of hydrogen-bond donors (Lipinski definition) is 3. The number of piperazine rings is 1. The van der Waals surface area contributed by atoms with E-state index in [1.165, 1.54) is 11.1 Å². The third-order valence-corrected chi connectivity index (χ3v) is 7.47. The Balaban J connectivity index is 1.82. The molecule has 4 atom stereocenters. The minimum absolute atomic E-state index is 0.0455. The summed E-state index contributed by atoms with van der Waals surface area (Å²) < 4.78 is 0. The van der Waals surface area contributed by atoms with Crippen molar-refractivity contribution in [3.05, 3.63) is 35.4 Å². The normalized spacial score (nSPS) is 22.5. The highest BCUT2D eigenvalue weighted by Crippen LogP contribution is 2.30. The molecule has 0 radical (unpaired) electrons. The highest BCUT2D eigenvalue weighted by atomic mass is 16.2. The number of aryl methyl sites for hydroxylation is 1. The molecule has 35 heavy (non-hydrogen) atoms. The number of nitrogens with zero attached hydrogens (tertiary/aromatic N) is 2. The van der Waals surface area contributed by atoms with Crippen LogP contribution >= 0.6 is 0 Å². The summed E-state index contributed by atoms with van der Waals surface area (Å²) in [5.41, 5.74) is 2.46. The number of amides is 3. The van der Waals surface area contributed by atoms with Gasteiger partial charge in [0.1, 0.15) is 12.1 Å². The summed E-state index contributed by atoms with van der Waals surface area (Å²) in [6.07, 6.45) is 2.95. The fourth-order valence-electron chi connectivity index (χ4n) is 5.03. The standard InChI is InChI=1S/C27H43N5O3/c1-17(2)24(30-25(33)19(5)28-6)27(35)32-15-14-31(18(3)4)16-23(32)26(34)29-22-13-9-11-20-10-7-8-12-21(20)22/h7-8,10,12,17-19,22-24,28H,9,11,13-16H2,1-6H3,(H,29,34)(H,30,33). The van der Waals surface area contributed by atoms with Crippen molar-refractivity contribution in [2.75, 3.05) is 26.7 Å². The predicted molar refractivity (Wildman–Crippen MR) is 138 cm³/mol. The van der Waals surface area contributed by atoms with Crippen LogP contribution in [-0.2, 0) is 20.8 Å². The van der Waals surface area contributed by atoms with Crippen LogP contribution in [0.5, 0.6) is 0 Å². The summed E-state index contributed by atoms with van der Waals surface area (Å²) in [6, 6.07) is 6.81. The molecule has 1 fully saturated rings.